The molecular formula is C10H14N4O2S. The number of benzene rings is 1. The van der Waals surface area contributed by atoms with Crippen LogP contribution in [-0.4, -0.2) is 16.1 Å². The lowest BCUT2D eigenvalue weighted by atomic mass is 10.2. The molecule has 92 valence electrons. The van der Waals surface area contributed by atoms with Gasteiger partial charge in [-0.2, -0.15) is 0 Å². The molecule has 1 aromatic carbocycles. The summed E-state index contributed by atoms with van der Waals surface area (Å²) < 4.78 is 0. The van der Waals surface area contributed by atoms with Crippen molar-refractivity contribution in [3.63, 3.8) is 0 Å². The van der Waals surface area contributed by atoms with E-state index in [1.807, 2.05) is 13.8 Å². The third-order valence-electron chi connectivity index (χ3n) is 1.90. The molecule has 6 nitrogen and oxygen atoms in total. The molecule has 0 saturated carbocycles. The maximum absolute atomic E-state index is 10.7. The molecule has 0 aliphatic heterocycles. The van der Waals surface area contributed by atoms with Crippen molar-refractivity contribution >= 4 is 34.4 Å². The summed E-state index contributed by atoms with van der Waals surface area (Å²) in [7, 11) is 0. The lowest BCUT2D eigenvalue weighted by Gasteiger charge is -2.13. The van der Waals surface area contributed by atoms with Crippen LogP contribution in [0.3, 0.4) is 0 Å². The summed E-state index contributed by atoms with van der Waals surface area (Å²) in [6.45, 7) is 3.89. The number of nitrogens with zero attached hydrogens (tertiary/aromatic N) is 1. The van der Waals surface area contributed by atoms with E-state index in [1.165, 1.54) is 12.1 Å². The number of rotatable bonds is 3. The minimum atomic E-state index is -0.528. The Labute approximate surface area is 104 Å². The molecular weight excluding hydrogens is 240 g/mol. The third kappa shape index (κ3) is 3.87. The van der Waals surface area contributed by atoms with Gasteiger partial charge in [-0.05, 0) is 38.2 Å². The number of anilines is 2. The van der Waals surface area contributed by atoms with E-state index in [2.05, 4.69) is 10.6 Å². The molecule has 1 aromatic rings. The van der Waals surface area contributed by atoms with Crippen LogP contribution in [0.4, 0.5) is 17.1 Å². The van der Waals surface area contributed by atoms with Gasteiger partial charge in [0, 0.05) is 17.8 Å². The third-order valence-corrected chi connectivity index (χ3v) is 2.12. The summed E-state index contributed by atoms with van der Waals surface area (Å²) in [5.41, 5.74) is 6.01. The normalized spacial score (nSPS) is 10.1. The highest BCUT2D eigenvalue weighted by Gasteiger charge is 2.12. The van der Waals surface area contributed by atoms with Gasteiger partial charge in [-0.1, -0.05) is 0 Å². The molecule has 0 spiro atoms. The van der Waals surface area contributed by atoms with E-state index >= 15 is 0 Å². The molecule has 0 amide bonds. The van der Waals surface area contributed by atoms with Gasteiger partial charge in [-0.25, -0.2) is 0 Å². The standard InChI is InChI=1S/C10H14N4O2S/c1-6(2)12-10(17)13-7-3-4-8(11)9(5-7)14(15)16/h3-6H,11H2,1-2H3,(H2,12,13,17). The van der Waals surface area contributed by atoms with Crippen molar-refractivity contribution in [2.45, 2.75) is 19.9 Å². The first-order valence-electron chi connectivity index (χ1n) is 5.01. The van der Waals surface area contributed by atoms with Gasteiger partial charge < -0.3 is 16.4 Å². The fourth-order valence-corrected chi connectivity index (χ4v) is 1.56. The van der Waals surface area contributed by atoms with Crippen LogP contribution in [0.25, 0.3) is 0 Å². The first-order valence-corrected chi connectivity index (χ1v) is 5.42. The van der Waals surface area contributed by atoms with Crippen LogP contribution in [0.2, 0.25) is 0 Å². The Kier molecular flexibility index (Phi) is 4.22. The van der Waals surface area contributed by atoms with Crippen LogP contribution in [-0.2, 0) is 0 Å². The van der Waals surface area contributed by atoms with Gasteiger partial charge in [0.15, 0.2) is 5.11 Å². The molecule has 0 bridgehead atoms. The largest absolute Gasteiger partial charge is 0.393 e. The molecule has 0 heterocycles. The summed E-state index contributed by atoms with van der Waals surface area (Å²) in [5.74, 6) is 0. The van der Waals surface area contributed by atoms with E-state index in [4.69, 9.17) is 18.0 Å². The zero-order valence-corrected chi connectivity index (χ0v) is 10.4. The van der Waals surface area contributed by atoms with E-state index in [1.54, 1.807) is 6.07 Å². The Bertz CT molecular complexity index is 448. The lowest BCUT2D eigenvalue weighted by molar-refractivity contribution is -0.383. The molecule has 4 N–H and O–H groups in total. The van der Waals surface area contributed by atoms with E-state index in [0.29, 0.717) is 10.8 Å². The summed E-state index contributed by atoms with van der Waals surface area (Å²) >= 11 is 5.03. The Hall–Kier alpha value is -1.89. The van der Waals surface area contributed by atoms with E-state index in [0.717, 1.165) is 0 Å². The second kappa shape index (κ2) is 5.44. The molecule has 0 atom stereocenters. The van der Waals surface area contributed by atoms with Crippen molar-refractivity contribution in [3.05, 3.63) is 28.3 Å². The molecule has 0 saturated heterocycles. The van der Waals surface area contributed by atoms with Crippen molar-refractivity contribution in [1.82, 2.24) is 5.32 Å². The maximum atomic E-state index is 10.7. The maximum Gasteiger partial charge on any atom is 0.294 e. The Morgan fingerprint density at radius 2 is 2.18 bits per heavy atom. The molecule has 0 aliphatic carbocycles. The minimum absolute atomic E-state index is 0.128. The second-order valence-electron chi connectivity index (χ2n) is 3.78. The first kappa shape index (κ1) is 13.2. The van der Waals surface area contributed by atoms with Crippen molar-refractivity contribution in [2.75, 3.05) is 11.1 Å². The fraction of sp³-hybridized carbons (Fsp3) is 0.300. The second-order valence-corrected chi connectivity index (χ2v) is 4.19. The van der Waals surface area contributed by atoms with Crippen LogP contribution in [0, 0.1) is 10.1 Å². The quantitative estimate of drug-likeness (QED) is 0.330. The molecule has 0 aromatic heterocycles. The highest BCUT2D eigenvalue weighted by molar-refractivity contribution is 7.80. The van der Waals surface area contributed by atoms with Crippen LogP contribution in [0.15, 0.2) is 18.2 Å². The molecule has 7 heteroatoms. The molecule has 0 radical (unpaired) electrons. The number of nitro benzene ring substituents is 1. The number of hydrogen-bond acceptors (Lipinski definition) is 4. The van der Waals surface area contributed by atoms with Crippen molar-refractivity contribution in [1.29, 1.82) is 0 Å². The molecule has 1 rings (SSSR count). The summed E-state index contributed by atoms with van der Waals surface area (Å²) in [4.78, 5) is 10.2. The summed E-state index contributed by atoms with van der Waals surface area (Å²) in [6, 6.07) is 4.65. The number of nitrogen functional groups attached to an aromatic ring is 1. The fourth-order valence-electron chi connectivity index (χ4n) is 1.21. The topological polar surface area (TPSA) is 93.2 Å². The van der Waals surface area contributed by atoms with Gasteiger partial charge in [0.25, 0.3) is 5.69 Å². The average molecular weight is 254 g/mol. The number of nitrogens with one attached hydrogen (secondary N) is 2. The zero-order valence-electron chi connectivity index (χ0n) is 9.56. The minimum Gasteiger partial charge on any atom is -0.393 e. The number of nitrogens with two attached hydrogens (primary N) is 1. The first-order chi connectivity index (χ1) is 7.90. The van der Waals surface area contributed by atoms with E-state index < -0.39 is 4.92 Å². The smallest absolute Gasteiger partial charge is 0.294 e. The van der Waals surface area contributed by atoms with Crippen molar-refractivity contribution in [2.24, 2.45) is 0 Å². The Morgan fingerprint density at radius 3 is 2.71 bits per heavy atom. The highest BCUT2D eigenvalue weighted by atomic mass is 32.1. The van der Waals surface area contributed by atoms with Gasteiger partial charge in [0.05, 0.1) is 4.92 Å². The number of nitro groups is 1. The predicted octanol–water partition coefficient (Wildman–Crippen LogP) is 1.87. The van der Waals surface area contributed by atoms with E-state index in [9.17, 15) is 10.1 Å². The Balaban J connectivity index is 2.82. The lowest BCUT2D eigenvalue weighted by Crippen LogP contribution is -2.33. The van der Waals surface area contributed by atoms with Gasteiger partial charge >= 0.3 is 0 Å². The summed E-state index contributed by atoms with van der Waals surface area (Å²) in [6.07, 6.45) is 0. The SMILES string of the molecule is CC(C)NC(=S)Nc1ccc(N)c([N+](=O)[O-])c1. The average Bonchev–Trinajstić information content (AvgIpc) is 2.19. The predicted molar refractivity (Wildman–Crippen MR) is 72.0 cm³/mol. The van der Waals surface area contributed by atoms with Gasteiger partial charge in [-0.15, -0.1) is 0 Å². The van der Waals surface area contributed by atoms with E-state index in [-0.39, 0.29) is 17.4 Å². The monoisotopic (exact) mass is 254 g/mol. The molecule has 0 unspecified atom stereocenters. The van der Waals surface area contributed by atoms with Gasteiger partial charge in [0.2, 0.25) is 0 Å². The van der Waals surface area contributed by atoms with Crippen molar-refractivity contribution < 1.29 is 4.92 Å². The summed E-state index contributed by atoms with van der Waals surface area (Å²) in [5, 5.41) is 16.9. The van der Waals surface area contributed by atoms with Gasteiger partial charge in [0.1, 0.15) is 5.69 Å². The highest BCUT2D eigenvalue weighted by Crippen LogP contribution is 2.24. The van der Waals surface area contributed by atoms with Crippen LogP contribution in [0.1, 0.15) is 13.8 Å². The number of hydrogen-bond donors (Lipinski definition) is 3. The zero-order chi connectivity index (χ0) is 13.0. The van der Waals surface area contributed by atoms with Crippen LogP contribution < -0.4 is 16.4 Å². The van der Waals surface area contributed by atoms with Crippen LogP contribution in [0.5, 0.6) is 0 Å². The van der Waals surface area contributed by atoms with Crippen molar-refractivity contribution in [3.8, 4) is 0 Å². The number of thiocarbonyl (C=S) groups is 1. The molecule has 0 fully saturated rings. The molecule has 17 heavy (non-hydrogen) atoms. The van der Waals surface area contributed by atoms with Crippen LogP contribution >= 0.6 is 12.2 Å². The molecule has 0 aliphatic rings. The van der Waals surface area contributed by atoms with Gasteiger partial charge in [-0.3, -0.25) is 10.1 Å². The Morgan fingerprint density at radius 1 is 1.53 bits per heavy atom.